The monoisotopic (exact) mass is 182 g/mol. The first-order chi connectivity index (χ1) is 5.79. The summed E-state index contributed by atoms with van der Waals surface area (Å²) in [5.41, 5.74) is 1.11. The molecule has 0 N–H and O–H groups in total. The van der Waals surface area contributed by atoms with Crippen molar-refractivity contribution in [3.05, 3.63) is 0 Å². The van der Waals surface area contributed by atoms with Crippen LogP contribution >= 0.6 is 0 Å². The molecule has 1 aliphatic carbocycles. The van der Waals surface area contributed by atoms with Crippen molar-refractivity contribution in [1.82, 2.24) is 0 Å². The van der Waals surface area contributed by atoms with Gasteiger partial charge in [-0.3, -0.25) is 0 Å². The smallest absolute Gasteiger partial charge is 0.0351 e. The van der Waals surface area contributed by atoms with Gasteiger partial charge in [-0.15, -0.1) is 0 Å². The highest BCUT2D eigenvalue weighted by Crippen LogP contribution is 2.43. The van der Waals surface area contributed by atoms with Gasteiger partial charge in [0.05, 0.1) is 0 Å². The summed E-state index contributed by atoms with van der Waals surface area (Å²) in [5, 5.41) is 0. The lowest BCUT2D eigenvalue weighted by molar-refractivity contribution is 0.231. The molecule has 0 aliphatic heterocycles. The molecule has 0 atom stereocenters. The first kappa shape index (κ1) is 11.1. The van der Waals surface area contributed by atoms with Crippen LogP contribution in [-0.2, 0) is 0 Å². The fourth-order valence-corrected chi connectivity index (χ4v) is 1.92. The summed E-state index contributed by atoms with van der Waals surface area (Å²) >= 11 is 0. The van der Waals surface area contributed by atoms with Gasteiger partial charge in [0.15, 0.2) is 0 Å². The Kier molecular flexibility index (Phi) is 3.09. The Labute approximate surface area is 84.1 Å². The normalized spacial score (nSPS) is 19.2. The fraction of sp³-hybridized carbons (Fsp3) is 1.00. The fourth-order valence-electron chi connectivity index (χ4n) is 1.92. The van der Waals surface area contributed by atoms with E-state index in [2.05, 4.69) is 34.6 Å². The van der Waals surface area contributed by atoms with Gasteiger partial charge in [0, 0.05) is 0 Å². The predicted molar refractivity (Wildman–Crippen MR) is 59.8 cm³/mol. The third kappa shape index (κ3) is 5.33. The molecular formula is C13H26. The molecule has 0 aromatic rings. The van der Waals surface area contributed by atoms with E-state index in [4.69, 9.17) is 0 Å². The van der Waals surface area contributed by atoms with Gasteiger partial charge in [-0.05, 0) is 36.0 Å². The van der Waals surface area contributed by atoms with Gasteiger partial charge in [0.25, 0.3) is 0 Å². The third-order valence-corrected chi connectivity index (χ3v) is 3.09. The predicted octanol–water partition coefficient (Wildman–Crippen LogP) is 4.64. The topological polar surface area (TPSA) is 0 Å². The molecule has 0 spiro atoms. The number of hydrogen-bond acceptors (Lipinski definition) is 0. The Balaban J connectivity index is 2.24. The van der Waals surface area contributed by atoms with E-state index in [1.165, 1.54) is 32.1 Å². The van der Waals surface area contributed by atoms with Crippen molar-refractivity contribution in [2.24, 2.45) is 16.7 Å². The van der Waals surface area contributed by atoms with Crippen molar-refractivity contribution in [2.75, 3.05) is 0 Å². The summed E-state index contributed by atoms with van der Waals surface area (Å²) in [5.74, 6) is 1.08. The molecule has 0 aromatic heterocycles. The van der Waals surface area contributed by atoms with Gasteiger partial charge in [0.2, 0.25) is 0 Å². The van der Waals surface area contributed by atoms with Crippen molar-refractivity contribution in [1.29, 1.82) is 0 Å². The highest BCUT2D eigenvalue weighted by molar-refractivity contribution is 4.82. The molecule has 0 saturated heterocycles. The summed E-state index contributed by atoms with van der Waals surface area (Å²) in [6.07, 6.45) is 7.22. The van der Waals surface area contributed by atoms with E-state index < -0.39 is 0 Å². The van der Waals surface area contributed by atoms with Crippen LogP contribution in [0.25, 0.3) is 0 Å². The van der Waals surface area contributed by atoms with E-state index >= 15 is 0 Å². The van der Waals surface area contributed by atoms with Crippen LogP contribution in [0.15, 0.2) is 0 Å². The van der Waals surface area contributed by atoms with E-state index in [1.54, 1.807) is 0 Å². The minimum Gasteiger partial charge on any atom is -0.0602 e. The lowest BCUT2D eigenvalue weighted by Gasteiger charge is -2.29. The minimum absolute atomic E-state index is 0.515. The third-order valence-electron chi connectivity index (χ3n) is 3.09. The Morgan fingerprint density at radius 3 is 1.85 bits per heavy atom. The molecule has 0 nitrogen and oxygen atoms in total. The molecule has 1 rings (SSSR count). The van der Waals surface area contributed by atoms with Crippen LogP contribution in [0.4, 0.5) is 0 Å². The van der Waals surface area contributed by atoms with Crippen LogP contribution < -0.4 is 0 Å². The molecule has 0 heteroatoms. The first-order valence-electron chi connectivity index (χ1n) is 5.79. The molecule has 0 amide bonds. The van der Waals surface area contributed by atoms with Crippen LogP contribution in [0.5, 0.6) is 0 Å². The van der Waals surface area contributed by atoms with Crippen LogP contribution in [-0.4, -0.2) is 0 Å². The summed E-state index contributed by atoms with van der Waals surface area (Å²) < 4.78 is 0. The Morgan fingerprint density at radius 2 is 1.46 bits per heavy atom. The lowest BCUT2D eigenvalue weighted by atomic mass is 9.77. The van der Waals surface area contributed by atoms with E-state index in [0.717, 1.165) is 5.92 Å². The van der Waals surface area contributed by atoms with E-state index in [1.807, 2.05) is 0 Å². The van der Waals surface area contributed by atoms with Crippen LogP contribution in [0.3, 0.4) is 0 Å². The maximum atomic E-state index is 2.44. The van der Waals surface area contributed by atoms with E-state index in [-0.39, 0.29) is 0 Å². The van der Waals surface area contributed by atoms with Crippen molar-refractivity contribution in [2.45, 2.75) is 66.7 Å². The Bertz CT molecular complexity index is 155. The number of hydrogen-bond donors (Lipinski definition) is 0. The second kappa shape index (κ2) is 3.63. The molecule has 0 bridgehead atoms. The number of rotatable bonds is 4. The zero-order valence-corrected chi connectivity index (χ0v) is 10.1. The van der Waals surface area contributed by atoms with Crippen LogP contribution in [0.1, 0.15) is 66.7 Å². The maximum Gasteiger partial charge on any atom is -0.0351 e. The molecule has 0 unspecified atom stereocenters. The highest BCUT2D eigenvalue weighted by Gasteiger charge is 2.30. The van der Waals surface area contributed by atoms with Crippen molar-refractivity contribution in [3.63, 3.8) is 0 Å². The molecule has 1 aliphatic rings. The van der Waals surface area contributed by atoms with Gasteiger partial charge in [-0.1, -0.05) is 47.5 Å². The summed E-state index contributed by atoms with van der Waals surface area (Å²) in [4.78, 5) is 0. The van der Waals surface area contributed by atoms with E-state index in [9.17, 15) is 0 Å². The largest absolute Gasteiger partial charge is 0.0602 e. The molecule has 1 fully saturated rings. The van der Waals surface area contributed by atoms with Gasteiger partial charge in [-0.2, -0.15) is 0 Å². The lowest BCUT2D eigenvalue weighted by Crippen LogP contribution is -2.16. The molecule has 0 radical (unpaired) electrons. The average molecular weight is 182 g/mol. The SMILES string of the molecule is CC(C)(C)CCC(C)(C)CC1CC1. The van der Waals surface area contributed by atoms with Gasteiger partial charge in [-0.25, -0.2) is 0 Å². The summed E-state index contributed by atoms with van der Waals surface area (Å²) in [6, 6.07) is 0. The highest BCUT2D eigenvalue weighted by atomic mass is 14.4. The molecule has 1 saturated carbocycles. The standard InChI is InChI=1S/C13H26/c1-12(2,3)8-9-13(4,5)10-11-6-7-11/h11H,6-10H2,1-5H3. The molecule has 0 heterocycles. The van der Waals surface area contributed by atoms with Crippen molar-refractivity contribution < 1.29 is 0 Å². The van der Waals surface area contributed by atoms with Crippen molar-refractivity contribution in [3.8, 4) is 0 Å². The second-order valence-corrected chi connectivity index (χ2v) is 6.87. The molecule has 0 aromatic carbocycles. The zero-order valence-electron chi connectivity index (χ0n) is 10.1. The molecular weight excluding hydrogens is 156 g/mol. The van der Waals surface area contributed by atoms with Gasteiger partial charge in [0.1, 0.15) is 0 Å². The summed E-state index contributed by atoms with van der Waals surface area (Å²) in [6.45, 7) is 11.9. The van der Waals surface area contributed by atoms with Crippen molar-refractivity contribution >= 4 is 0 Å². The van der Waals surface area contributed by atoms with Crippen LogP contribution in [0.2, 0.25) is 0 Å². The maximum absolute atomic E-state index is 2.44. The molecule has 78 valence electrons. The van der Waals surface area contributed by atoms with Gasteiger partial charge < -0.3 is 0 Å². The Hall–Kier alpha value is 0. The summed E-state index contributed by atoms with van der Waals surface area (Å²) in [7, 11) is 0. The minimum atomic E-state index is 0.515. The zero-order chi connectivity index (χ0) is 10.1. The van der Waals surface area contributed by atoms with E-state index in [0.29, 0.717) is 10.8 Å². The second-order valence-electron chi connectivity index (χ2n) is 6.87. The average Bonchev–Trinajstić information content (AvgIpc) is 2.66. The van der Waals surface area contributed by atoms with Crippen LogP contribution in [0, 0.1) is 16.7 Å². The quantitative estimate of drug-likeness (QED) is 0.594. The Morgan fingerprint density at radius 1 is 0.923 bits per heavy atom. The first-order valence-corrected chi connectivity index (χ1v) is 5.79. The van der Waals surface area contributed by atoms with Gasteiger partial charge >= 0.3 is 0 Å². The molecule has 13 heavy (non-hydrogen) atoms.